The first-order chi connectivity index (χ1) is 9.80. The average molecular weight is 288 g/mol. The van der Waals surface area contributed by atoms with Crippen molar-refractivity contribution in [2.75, 3.05) is 11.1 Å². The molecule has 5 heteroatoms. The minimum atomic E-state index is -0.804. The van der Waals surface area contributed by atoms with Crippen molar-refractivity contribution in [3.05, 3.63) is 53.8 Å². The molecule has 1 amide bonds. The molecule has 0 radical (unpaired) electrons. The maximum atomic E-state index is 13.3. The number of hydrogen-bond donors (Lipinski definition) is 3. The van der Waals surface area contributed by atoms with Gasteiger partial charge in [-0.05, 0) is 43.7 Å². The van der Waals surface area contributed by atoms with Crippen LogP contribution in [-0.2, 0) is 10.2 Å². The van der Waals surface area contributed by atoms with E-state index >= 15 is 0 Å². The summed E-state index contributed by atoms with van der Waals surface area (Å²) in [5.41, 5.74) is 6.54. The van der Waals surface area contributed by atoms with Crippen molar-refractivity contribution in [1.29, 1.82) is 0 Å². The molecule has 0 atom stereocenters. The largest absolute Gasteiger partial charge is 0.505 e. The maximum absolute atomic E-state index is 13.3. The van der Waals surface area contributed by atoms with Crippen molar-refractivity contribution in [3.8, 4) is 5.75 Å². The predicted molar refractivity (Wildman–Crippen MR) is 80.6 cm³/mol. The number of anilines is 2. The van der Waals surface area contributed by atoms with Crippen LogP contribution in [0.1, 0.15) is 19.4 Å². The molecule has 0 saturated heterocycles. The molecule has 0 saturated carbocycles. The lowest BCUT2D eigenvalue weighted by atomic mass is 9.83. The van der Waals surface area contributed by atoms with Gasteiger partial charge in [-0.3, -0.25) is 4.79 Å². The van der Waals surface area contributed by atoms with Gasteiger partial charge in [0, 0.05) is 17.4 Å². The van der Waals surface area contributed by atoms with E-state index in [1.165, 1.54) is 12.1 Å². The lowest BCUT2D eigenvalue weighted by molar-refractivity contribution is -0.120. The number of benzene rings is 2. The summed E-state index contributed by atoms with van der Waals surface area (Å²) in [6, 6.07) is 10.7. The van der Waals surface area contributed by atoms with Gasteiger partial charge in [-0.1, -0.05) is 12.1 Å². The highest BCUT2D eigenvalue weighted by Crippen LogP contribution is 2.27. The topological polar surface area (TPSA) is 75.3 Å². The summed E-state index contributed by atoms with van der Waals surface area (Å²) in [7, 11) is 0. The summed E-state index contributed by atoms with van der Waals surface area (Å²) in [6.07, 6.45) is 0. The molecular formula is C16H17FN2O2. The molecule has 0 aliphatic rings. The van der Waals surface area contributed by atoms with Gasteiger partial charge in [0.05, 0.1) is 5.41 Å². The van der Waals surface area contributed by atoms with E-state index in [0.717, 1.165) is 11.6 Å². The van der Waals surface area contributed by atoms with Gasteiger partial charge in [-0.25, -0.2) is 4.39 Å². The van der Waals surface area contributed by atoms with Crippen molar-refractivity contribution < 1.29 is 14.3 Å². The van der Waals surface area contributed by atoms with E-state index in [1.807, 2.05) is 0 Å². The fraction of sp³-hybridized carbons (Fsp3) is 0.188. The smallest absolute Gasteiger partial charge is 0.234 e. The molecule has 0 spiro atoms. The van der Waals surface area contributed by atoms with Gasteiger partial charge >= 0.3 is 0 Å². The summed E-state index contributed by atoms with van der Waals surface area (Å²) >= 11 is 0. The summed E-state index contributed by atoms with van der Waals surface area (Å²) < 4.78 is 13.3. The highest BCUT2D eigenvalue weighted by Gasteiger charge is 2.29. The number of phenolic OH excluding ortho intramolecular Hbond substituents is 1. The summed E-state index contributed by atoms with van der Waals surface area (Å²) in [5.74, 6) is -1.51. The van der Waals surface area contributed by atoms with Gasteiger partial charge in [0.2, 0.25) is 5.91 Å². The van der Waals surface area contributed by atoms with E-state index < -0.39 is 17.0 Å². The quantitative estimate of drug-likeness (QED) is 0.600. The molecule has 0 fully saturated rings. The van der Waals surface area contributed by atoms with Crippen LogP contribution in [0.25, 0.3) is 0 Å². The minimum Gasteiger partial charge on any atom is -0.505 e. The number of amides is 1. The molecule has 2 aromatic rings. The average Bonchev–Trinajstić information content (AvgIpc) is 2.43. The van der Waals surface area contributed by atoms with Crippen LogP contribution in [0.5, 0.6) is 5.75 Å². The fourth-order valence-corrected chi connectivity index (χ4v) is 1.90. The third-order valence-corrected chi connectivity index (χ3v) is 3.41. The Morgan fingerprint density at radius 3 is 2.38 bits per heavy atom. The third kappa shape index (κ3) is 3.13. The monoisotopic (exact) mass is 288 g/mol. The number of nitrogen functional groups attached to an aromatic ring is 1. The van der Waals surface area contributed by atoms with Crippen LogP contribution in [-0.4, -0.2) is 11.0 Å². The van der Waals surface area contributed by atoms with Crippen molar-refractivity contribution >= 4 is 17.3 Å². The van der Waals surface area contributed by atoms with Crippen LogP contribution in [0.4, 0.5) is 15.8 Å². The highest BCUT2D eigenvalue weighted by molar-refractivity contribution is 5.98. The molecule has 2 aromatic carbocycles. The summed E-state index contributed by atoms with van der Waals surface area (Å²) in [4.78, 5) is 12.4. The number of hydrogen-bond acceptors (Lipinski definition) is 3. The first kappa shape index (κ1) is 14.8. The molecule has 0 bridgehead atoms. The molecule has 0 aliphatic carbocycles. The molecule has 0 unspecified atom stereocenters. The van der Waals surface area contributed by atoms with Crippen molar-refractivity contribution in [2.24, 2.45) is 0 Å². The Balaban J connectivity index is 2.21. The van der Waals surface area contributed by atoms with Crippen molar-refractivity contribution in [1.82, 2.24) is 0 Å². The van der Waals surface area contributed by atoms with Crippen LogP contribution in [0.3, 0.4) is 0 Å². The van der Waals surface area contributed by atoms with E-state index in [9.17, 15) is 9.18 Å². The van der Waals surface area contributed by atoms with E-state index in [-0.39, 0.29) is 5.91 Å². The van der Waals surface area contributed by atoms with Gasteiger partial charge in [0.15, 0.2) is 11.6 Å². The molecule has 110 valence electrons. The zero-order valence-corrected chi connectivity index (χ0v) is 11.9. The zero-order valence-electron chi connectivity index (χ0n) is 11.9. The molecule has 4 nitrogen and oxygen atoms in total. The Morgan fingerprint density at radius 1 is 1.19 bits per heavy atom. The van der Waals surface area contributed by atoms with E-state index in [1.54, 1.807) is 38.1 Å². The van der Waals surface area contributed by atoms with Gasteiger partial charge in [-0.2, -0.15) is 0 Å². The van der Waals surface area contributed by atoms with E-state index in [4.69, 9.17) is 10.8 Å². The Labute approximate surface area is 122 Å². The number of aromatic hydroxyl groups is 1. The number of carbonyl (C=O) groups is 1. The second-order valence-electron chi connectivity index (χ2n) is 5.37. The van der Waals surface area contributed by atoms with Crippen LogP contribution in [0.15, 0.2) is 42.5 Å². The van der Waals surface area contributed by atoms with E-state index in [2.05, 4.69) is 5.32 Å². The number of nitrogens with two attached hydrogens (primary N) is 1. The number of phenols is 1. The second-order valence-corrected chi connectivity index (χ2v) is 5.37. The van der Waals surface area contributed by atoms with Crippen LogP contribution in [0.2, 0.25) is 0 Å². The molecular weight excluding hydrogens is 271 g/mol. The Kier molecular flexibility index (Phi) is 3.84. The zero-order chi connectivity index (χ0) is 15.6. The minimum absolute atomic E-state index is 0.280. The van der Waals surface area contributed by atoms with Crippen LogP contribution in [0, 0.1) is 5.82 Å². The van der Waals surface area contributed by atoms with Gasteiger partial charge < -0.3 is 16.2 Å². The van der Waals surface area contributed by atoms with Crippen LogP contribution < -0.4 is 11.1 Å². The van der Waals surface area contributed by atoms with Crippen molar-refractivity contribution in [2.45, 2.75) is 19.3 Å². The molecule has 0 aliphatic heterocycles. The number of halogens is 1. The van der Waals surface area contributed by atoms with E-state index in [0.29, 0.717) is 11.4 Å². The van der Waals surface area contributed by atoms with Gasteiger partial charge in [0.1, 0.15) is 0 Å². The lowest BCUT2D eigenvalue weighted by Gasteiger charge is -2.24. The summed E-state index contributed by atoms with van der Waals surface area (Å²) in [5, 5.41) is 11.8. The molecule has 0 aromatic heterocycles. The predicted octanol–water partition coefficient (Wildman–Crippen LogP) is 3.03. The third-order valence-electron chi connectivity index (χ3n) is 3.41. The van der Waals surface area contributed by atoms with Gasteiger partial charge in [0.25, 0.3) is 0 Å². The second kappa shape index (κ2) is 5.44. The number of carbonyl (C=O) groups excluding carboxylic acids is 1. The molecule has 21 heavy (non-hydrogen) atoms. The first-order valence-electron chi connectivity index (χ1n) is 6.46. The van der Waals surface area contributed by atoms with Gasteiger partial charge in [-0.15, -0.1) is 0 Å². The molecule has 2 rings (SSSR count). The Morgan fingerprint density at radius 2 is 1.81 bits per heavy atom. The molecule has 4 N–H and O–H groups in total. The Bertz CT molecular complexity index is 666. The standard InChI is InChI=1S/C16H17FN2O2/c1-16(2,10-3-5-11(18)6-4-10)15(21)19-12-7-8-14(20)13(17)9-12/h3-9,20H,18H2,1-2H3,(H,19,21). The normalized spacial score (nSPS) is 11.2. The SMILES string of the molecule is CC(C)(C(=O)Nc1ccc(O)c(F)c1)c1ccc(N)cc1. The maximum Gasteiger partial charge on any atom is 0.234 e. The molecule has 0 heterocycles. The highest BCUT2D eigenvalue weighted by atomic mass is 19.1. The fourth-order valence-electron chi connectivity index (χ4n) is 1.90. The first-order valence-corrected chi connectivity index (χ1v) is 6.46. The Hall–Kier alpha value is -2.56. The van der Waals surface area contributed by atoms with Crippen molar-refractivity contribution in [3.63, 3.8) is 0 Å². The number of rotatable bonds is 3. The van der Waals surface area contributed by atoms with Crippen LogP contribution >= 0.6 is 0 Å². The summed E-state index contributed by atoms with van der Waals surface area (Å²) in [6.45, 7) is 3.54. The number of nitrogens with one attached hydrogen (secondary N) is 1. The lowest BCUT2D eigenvalue weighted by Crippen LogP contribution is -2.34.